The molecule has 1 aromatic heterocycles. The van der Waals surface area contributed by atoms with Crippen molar-refractivity contribution in [1.82, 2.24) is 4.57 Å². The molecule has 3 rings (SSSR count). The number of fused-ring (bicyclic) bond motifs is 1. The molecule has 0 bridgehead atoms. The Morgan fingerprint density at radius 3 is 2.50 bits per heavy atom. The maximum absolute atomic E-state index is 3.84. The van der Waals surface area contributed by atoms with Crippen LogP contribution in [0, 0.1) is 6.07 Å². The Bertz CT molecular complexity index is 677. The van der Waals surface area contributed by atoms with Crippen molar-refractivity contribution >= 4 is 10.9 Å². The standard InChI is InChI=1S/C17H14N/c1-2-12-18-16-11-7-6-10-15(16)13-17(18)14-8-4-3-5-9-14/h2-11H,1,12H2. The number of aromatic nitrogens is 1. The molecule has 1 nitrogen and oxygen atoms in total. The third-order valence-corrected chi connectivity index (χ3v) is 3.08. The third kappa shape index (κ3) is 1.74. The first kappa shape index (κ1) is 10.8. The zero-order chi connectivity index (χ0) is 12.4. The van der Waals surface area contributed by atoms with E-state index in [2.05, 4.69) is 59.7 Å². The van der Waals surface area contributed by atoms with Crippen LogP contribution in [-0.2, 0) is 6.54 Å². The van der Waals surface area contributed by atoms with Crippen LogP contribution in [0.15, 0.2) is 67.3 Å². The molecule has 1 heterocycles. The molecule has 0 spiro atoms. The molecule has 0 fully saturated rings. The van der Waals surface area contributed by atoms with E-state index in [4.69, 9.17) is 0 Å². The average Bonchev–Trinajstić information content (AvgIpc) is 2.80. The van der Waals surface area contributed by atoms with Gasteiger partial charge in [-0.1, -0.05) is 54.6 Å². The summed E-state index contributed by atoms with van der Waals surface area (Å²) in [4.78, 5) is 0. The van der Waals surface area contributed by atoms with Gasteiger partial charge in [0.25, 0.3) is 0 Å². The molecule has 0 amide bonds. The molecule has 0 saturated carbocycles. The van der Waals surface area contributed by atoms with Crippen molar-refractivity contribution in [2.24, 2.45) is 0 Å². The van der Waals surface area contributed by atoms with Gasteiger partial charge in [0.1, 0.15) is 0 Å². The average molecular weight is 232 g/mol. The molecule has 0 atom stereocenters. The van der Waals surface area contributed by atoms with Crippen molar-refractivity contribution < 1.29 is 0 Å². The number of para-hydroxylation sites is 1. The Balaban J connectivity index is 2.28. The lowest BCUT2D eigenvalue weighted by molar-refractivity contribution is 0.873. The van der Waals surface area contributed by atoms with E-state index in [0.717, 1.165) is 17.6 Å². The summed E-state index contributed by atoms with van der Waals surface area (Å²) in [7, 11) is 0. The molecule has 0 unspecified atom stereocenters. The fourth-order valence-corrected chi connectivity index (χ4v) is 2.27. The van der Waals surface area contributed by atoms with Crippen LogP contribution in [0.1, 0.15) is 0 Å². The summed E-state index contributed by atoms with van der Waals surface area (Å²) in [6, 6.07) is 22.2. The lowest BCUT2D eigenvalue weighted by atomic mass is 10.1. The molecule has 0 aliphatic rings. The Hall–Kier alpha value is -2.28. The first-order valence-electron chi connectivity index (χ1n) is 6.07. The van der Waals surface area contributed by atoms with Gasteiger partial charge in [-0.15, -0.1) is 6.58 Å². The smallest absolute Gasteiger partial charge is 0.0575 e. The van der Waals surface area contributed by atoms with Gasteiger partial charge in [-0.3, -0.25) is 0 Å². The molecule has 2 aromatic carbocycles. The van der Waals surface area contributed by atoms with Crippen LogP contribution in [0.3, 0.4) is 0 Å². The molecule has 3 aromatic rings. The predicted octanol–water partition coefficient (Wildman–Crippen LogP) is 4.29. The van der Waals surface area contributed by atoms with Crippen molar-refractivity contribution in [1.29, 1.82) is 0 Å². The highest BCUT2D eigenvalue weighted by molar-refractivity contribution is 5.86. The van der Waals surface area contributed by atoms with E-state index in [1.807, 2.05) is 18.2 Å². The minimum Gasteiger partial charge on any atom is -0.336 e. The third-order valence-electron chi connectivity index (χ3n) is 3.08. The summed E-state index contributed by atoms with van der Waals surface area (Å²) < 4.78 is 2.25. The van der Waals surface area contributed by atoms with Gasteiger partial charge in [-0.25, -0.2) is 0 Å². The second-order valence-corrected chi connectivity index (χ2v) is 4.26. The van der Waals surface area contributed by atoms with Crippen molar-refractivity contribution in [2.75, 3.05) is 0 Å². The molecule has 1 heteroatoms. The Kier molecular flexibility index (Phi) is 2.73. The van der Waals surface area contributed by atoms with Gasteiger partial charge in [0.2, 0.25) is 0 Å². The van der Waals surface area contributed by atoms with Crippen molar-refractivity contribution in [2.45, 2.75) is 6.54 Å². The van der Waals surface area contributed by atoms with Crippen molar-refractivity contribution in [3.05, 3.63) is 73.3 Å². The van der Waals surface area contributed by atoms with Crippen LogP contribution in [0.4, 0.5) is 0 Å². The van der Waals surface area contributed by atoms with Gasteiger partial charge >= 0.3 is 0 Å². The highest BCUT2D eigenvalue weighted by atomic mass is 15.0. The first-order valence-corrected chi connectivity index (χ1v) is 6.07. The number of benzene rings is 2. The number of allylic oxidation sites excluding steroid dienone is 1. The molecule has 0 aliphatic heterocycles. The van der Waals surface area contributed by atoms with Crippen LogP contribution in [0.5, 0.6) is 0 Å². The van der Waals surface area contributed by atoms with Crippen LogP contribution >= 0.6 is 0 Å². The second kappa shape index (κ2) is 4.53. The van der Waals surface area contributed by atoms with Crippen molar-refractivity contribution in [3.8, 4) is 11.3 Å². The first-order chi connectivity index (χ1) is 8.90. The zero-order valence-corrected chi connectivity index (χ0v) is 10.1. The van der Waals surface area contributed by atoms with Gasteiger partial charge < -0.3 is 4.57 Å². The van der Waals surface area contributed by atoms with Crippen LogP contribution in [0.25, 0.3) is 22.2 Å². The quantitative estimate of drug-likeness (QED) is 0.593. The fourth-order valence-electron chi connectivity index (χ4n) is 2.27. The molecule has 18 heavy (non-hydrogen) atoms. The maximum Gasteiger partial charge on any atom is 0.0575 e. The molecular weight excluding hydrogens is 218 g/mol. The molecule has 0 saturated heterocycles. The highest BCUT2D eigenvalue weighted by Crippen LogP contribution is 2.27. The number of hydrogen-bond donors (Lipinski definition) is 0. The predicted molar refractivity (Wildman–Crippen MR) is 76.4 cm³/mol. The minimum atomic E-state index is 0.800. The van der Waals surface area contributed by atoms with Gasteiger partial charge in [0.15, 0.2) is 0 Å². The molecule has 1 radical (unpaired) electrons. The van der Waals surface area contributed by atoms with E-state index in [-0.39, 0.29) is 0 Å². The number of rotatable bonds is 3. The van der Waals surface area contributed by atoms with E-state index in [9.17, 15) is 0 Å². The fraction of sp³-hybridized carbons (Fsp3) is 0.0588. The molecular formula is C17H14N. The Morgan fingerprint density at radius 2 is 1.72 bits per heavy atom. The molecule has 87 valence electrons. The molecule has 0 N–H and O–H groups in total. The second-order valence-electron chi connectivity index (χ2n) is 4.26. The van der Waals surface area contributed by atoms with E-state index in [1.165, 1.54) is 11.1 Å². The maximum atomic E-state index is 3.84. The normalized spacial score (nSPS) is 10.7. The van der Waals surface area contributed by atoms with E-state index < -0.39 is 0 Å². The van der Waals surface area contributed by atoms with Crippen LogP contribution < -0.4 is 0 Å². The SMILES string of the molecule is C=CCn1c(-c2ccccc2)[c]c2ccccc21. The van der Waals surface area contributed by atoms with Crippen LogP contribution in [0.2, 0.25) is 0 Å². The number of hydrogen-bond acceptors (Lipinski definition) is 0. The van der Waals surface area contributed by atoms with E-state index in [1.54, 1.807) is 0 Å². The summed E-state index contributed by atoms with van der Waals surface area (Å²) in [5.41, 5.74) is 3.52. The lowest BCUT2D eigenvalue weighted by Crippen LogP contribution is -1.97. The summed E-state index contributed by atoms with van der Waals surface area (Å²) in [6.07, 6.45) is 1.92. The zero-order valence-electron chi connectivity index (χ0n) is 10.1. The highest BCUT2D eigenvalue weighted by Gasteiger charge is 2.09. The Morgan fingerprint density at radius 1 is 1.00 bits per heavy atom. The topological polar surface area (TPSA) is 4.93 Å². The largest absolute Gasteiger partial charge is 0.336 e. The van der Waals surface area contributed by atoms with Gasteiger partial charge in [-0.05, 0) is 11.6 Å². The lowest BCUT2D eigenvalue weighted by Gasteiger charge is -2.07. The monoisotopic (exact) mass is 232 g/mol. The summed E-state index contributed by atoms with van der Waals surface area (Å²) in [6.45, 7) is 4.64. The summed E-state index contributed by atoms with van der Waals surface area (Å²) in [5.74, 6) is 0. The summed E-state index contributed by atoms with van der Waals surface area (Å²) >= 11 is 0. The number of nitrogens with zero attached hydrogens (tertiary/aromatic N) is 1. The van der Waals surface area contributed by atoms with E-state index in [0.29, 0.717) is 0 Å². The molecule has 0 aliphatic carbocycles. The van der Waals surface area contributed by atoms with Crippen molar-refractivity contribution in [3.63, 3.8) is 0 Å². The Labute approximate surface area is 107 Å². The minimum absolute atomic E-state index is 0.800. The van der Waals surface area contributed by atoms with Gasteiger partial charge in [0.05, 0.1) is 5.69 Å². The summed E-state index contributed by atoms with van der Waals surface area (Å²) in [5, 5.41) is 1.15. The van der Waals surface area contributed by atoms with Gasteiger partial charge in [-0.2, -0.15) is 0 Å². The van der Waals surface area contributed by atoms with Gasteiger partial charge in [0, 0.05) is 23.5 Å². The van der Waals surface area contributed by atoms with E-state index >= 15 is 0 Å². The van der Waals surface area contributed by atoms with Crippen LogP contribution in [-0.4, -0.2) is 4.57 Å².